The standard InChI is InChI=1S/C19H23N3O3S/c1-22(2)26(24,25)16-10-8-14(9-11-16)13-21-19(23)17-7-3-5-15-6-4-12-20-18(15)17/h4,6,8-12,17H,3,5,7,13H2,1-2H3,(H,21,23). The first-order valence-corrected chi connectivity index (χ1v) is 10.1. The predicted octanol–water partition coefficient (Wildman–Crippen LogP) is 2.07. The van der Waals surface area contributed by atoms with Crippen LogP contribution < -0.4 is 5.32 Å². The van der Waals surface area contributed by atoms with E-state index in [2.05, 4.69) is 10.3 Å². The van der Waals surface area contributed by atoms with Gasteiger partial charge < -0.3 is 5.32 Å². The Balaban J connectivity index is 1.66. The number of fused-ring (bicyclic) bond motifs is 1. The Bertz CT molecular complexity index is 893. The van der Waals surface area contributed by atoms with Crippen LogP contribution in [0.15, 0.2) is 47.5 Å². The van der Waals surface area contributed by atoms with Crippen molar-refractivity contribution in [3.63, 3.8) is 0 Å². The molecule has 26 heavy (non-hydrogen) atoms. The van der Waals surface area contributed by atoms with Crippen LogP contribution in [-0.2, 0) is 27.8 Å². The molecule has 1 aromatic heterocycles. The maximum atomic E-state index is 12.6. The van der Waals surface area contributed by atoms with Gasteiger partial charge in [0.05, 0.1) is 16.5 Å². The molecule has 0 saturated heterocycles. The molecular formula is C19H23N3O3S. The summed E-state index contributed by atoms with van der Waals surface area (Å²) in [6.45, 7) is 0.361. The SMILES string of the molecule is CN(C)S(=O)(=O)c1ccc(CNC(=O)C2CCCc3cccnc32)cc1. The lowest BCUT2D eigenvalue weighted by molar-refractivity contribution is -0.123. The van der Waals surface area contributed by atoms with Gasteiger partial charge in [0.1, 0.15) is 0 Å². The summed E-state index contributed by atoms with van der Waals surface area (Å²) in [5.74, 6) is -0.247. The van der Waals surface area contributed by atoms with Gasteiger partial charge in [-0.25, -0.2) is 12.7 Å². The van der Waals surface area contributed by atoms with Crippen molar-refractivity contribution in [1.29, 1.82) is 0 Å². The molecule has 3 rings (SSSR count). The zero-order valence-electron chi connectivity index (χ0n) is 15.0. The summed E-state index contributed by atoms with van der Waals surface area (Å²) < 4.78 is 25.3. The number of aryl methyl sites for hydroxylation is 1. The van der Waals surface area contributed by atoms with Crippen LogP contribution in [0.1, 0.15) is 35.6 Å². The Morgan fingerprint density at radius 3 is 2.65 bits per heavy atom. The Morgan fingerprint density at radius 1 is 1.23 bits per heavy atom. The first kappa shape index (κ1) is 18.5. The van der Waals surface area contributed by atoms with Crippen molar-refractivity contribution >= 4 is 15.9 Å². The van der Waals surface area contributed by atoms with Gasteiger partial charge in [-0.05, 0) is 48.6 Å². The lowest BCUT2D eigenvalue weighted by Crippen LogP contribution is -2.31. The van der Waals surface area contributed by atoms with Gasteiger partial charge in [-0.1, -0.05) is 18.2 Å². The van der Waals surface area contributed by atoms with Crippen LogP contribution in [0, 0.1) is 0 Å². The molecule has 0 fully saturated rings. The van der Waals surface area contributed by atoms with Crippen molar-refractivity contribution in [2.75, 3.05) is 14.1 Å². The second kappa shape index (κ2) is 7.55. The van der Waals surface area contributed by atoms with Crippen LogP contribution >= 0.6 is 0 Å². The Morgan fingerprint density at radius 2 is 1.96 bits per heavy atom. The second-order valence-corrected chi connectivity index (χ2v) is 8.79. The lowest BCUT2D eigenvalue weighted by Gasteiger charge is -2.23. The van der Waals surface area contributed by atoms with Crippen molar-refractivity contribution in [2.24, 2.45) is 0 Å². The second-order valence-electron chi connectivity index (χ2n) is 6.64. The molecule has 0 aliphatic heterocycles. The summed E-state index contributed by atoms with van der Waals surface area (Å²) in [4.78, 5) is 17.2. The largest absolute Gasteiger partial charge is 0.351 e. The predicted molar refractivity (Wildman–Crippen MR) is 99.1 cm³/mol. The molecule has 0 bridgehead atoms. The summed E-state index contributed by atoms with van der Waals surface area (Å²) in [6, 6.07) is 10.5. The van der Waals surface area contributed by atoms with E-state index in [0.29, 0.717) is 6.54 Å². The number of carbonyl (C=O) groups excluding carboxylic acids is 1. The highest BCUT2D eigenvalue weighted by molar-refractivity contribution is 7.89. The van der Waals surface area contributed by atoms with Gasteiger partial charge in [0, 0.05) is 26.8 Å². The fourth-order valence-electron chi connectivity index (χ4n) is 3.17. The number of hydrogen-bond donors (Lipinski definition) is 1. The highest BCUT2D eigenvalue weighted by atomic mass is 32.2. The number of nitrogens with zero attached hydrogens (tertiary/aromatic N) is 2. The van der Waals surface area contributed by atoms with E-state index < -0.39 is 10.0 Å². The highest BCUT2D eigenvalue weighted by Gasteiger charge is 2.27. The smallest absolute Gasteiger partial charge is 0.242 e. The summed E-state index contributed by atoms with van der Waals surface area (Å²) in [7, 11) is -0.439. The minimum Gasteiger partial charge on any atom is -0.351 e. The fraction of sp³-hybridized carbons (Fsp3) is 0.368. The third-order valence-corrected chi connectivity index (χ3v) is 6.51. The molecule has 1 amide bonds. The summed E-state index contributed by atoms with van der Waals surface area (Å²) >= 11 is 0. The van der Waals surface area contributed by atoms with Crippen LogP contribution in [0.25, 0.3) is 0 Å². The number of amides is 1. The van der Waals surface area contributed by atoms with Crippen molar-refractivity contribution in [3.8, 4) is 0 Å². The zero-order chi connectivity index (χ0) is 18.7. The van der Waals surface area contributed by atoms with Gasteiger partial charge in [-0.15, -0.1) is 0 Å². The molecule has 1 aliphatic rings. The van der Waals surface area contributed by atoms with Crippen molar-refractivity contribution in [1.82, 2.24) is 14.6 Å². The van der Waals surface area contributed by atoms with Crippen LogP contribution in [0.3, 0.4) is 0 Å². The molecular weight excluding hydrogens is 350 g/mol. The summed E-state index contributed by atoms with van der Waals surface area (Å²) in [5.41, 5.74) is 2.88. The van der Waals surface area contributed by atoms with E-state index >= 15 is 0 Å². The molecule has 0 radical (unpaired) electrons. The Labute approximate surface area is 154 Å². The number of nitrogens with one attached hydrogen (secondary N) is 1. The number of pyridine rings is 1. The topological polar surface area (TPSA) is 79.4 Å². The third-order valence-electron chi connectivity index (χ3n) is 4.68. The van der Waals surface area contributed by atoms with Gasteiger partial charge in [-0.3, -0.25) is 9.78 Å². The normalized spacial score (nSPS) is 17.0. The molecule has 1 aromatic carbocycles. The number of carbonyl (C=O) groups is 1. The maximum Gasteiger partial charge on any atom is 0.242 e. The quantitative estimate of drug-likeness (QED) is 0.870. The van der Waals surface area contributed by atoms with Crippen LogP contribution in [-0.4, -0.2) is 37.7 Å². The van der Waals surface area contributed by atoms with Crippen LogP contribution in [0.4, 0.5) is 0 Å². The molecule has 1 heterocycles. The lowest BCUT2D eigenvalue weighted by atomic mass is 9.86. The van der Waals surface area contributed by atoms with E-state index in [1.807, 2.05) is 12.1 Å². The van der Waals surface area contributed by atoms with Crippen molar-refractivity contribution in [2.45, 2.75) is 36.6 Å². The van der Waals surface area contributed by atoms with E-state index in [4.69, 9.17) is 0 Å². The zero-order valence-corrected chi connectivity index (χ0v) is 15.8. The molecule has 0 saturated carbocycles. The number of hydrogen-bond acceptors (Lipinski definition) is 4. The number of sulfonamides is 1. The van der Waals surface area contributed by atoms with E-state index in [1.54, 1.807) is 30.5 Å². The minimum absolute atomic E-state index is 0.0327. The van der Waals surface area contributed by atoms with E-state index in [-0.39, 0.29) is 16.7 Å². The maximum absolute atomic E-state index is 12.6. The minimum atomic E-state index is -3.44. The molecule has 7 heteroatoms. The molecule has 2 aromatic rings. The van der Waals surface area contributed by atoms with Gasteiger partial charge in [0.25, 0.3) is 0 Å². The molecule has 1 unspecified atom stereocenters. The Kier molecular flexibility index (Phi) is 5.38. The van der Waals surface area contributed by atoms with E-state index in [0.717, 1.165) is 36.1 Å². The highest BCUT2D eigenvalue weighted by Crippen LogP contribution is 2.29. The number of aromatic nitrogens is 1. The van der Waals surface area contributed by atoms with Crippen LogP contribution in [0.5, 0.6) is 0 Å². The molecule has 6 nitrogen and oxygen atoms in total. The summed E-state index contributed by atoms with van der Waals surface area (Å²) in [6.07, 6.45) is 4.48. The monoisotopic (exact) mass is 373 g/mol. The van der Waals surface area contributed by atoms with Gasteiger partial charge in [0.15, 0.2) is 0 Å². The van der Waals surface area contributed by atoms with Gasteiger partial charge >= 0.3 is 0 Å². The molecule has 1 aliphatic carbocycles. The fourth-order valence-corrected chi connectivity index (χ4v) is 4.07. The first-order valence-electron chi connectivity index (χ1n) is 8.62. The van der Waals surface area contributed by atoms with Crippen LogP contribution in [0.2, 0.25) is 0 Å². The average Bonchev–Trinajstić information content (AvgIpc) is 2.66. The molecule has 1 N–H and O–H groups in total. The number of benzene rings is 1. The van der Waals surface area contributed by atoms with E-state index in [9.17, 15) is 13.2 Å². The van der Waals surface area contributed by atoms with Gasteiger partial charge in [0.2, 0.25) is 15.9 Å². The molecule has 0 spiro atoms. The Hall–Kier alpha value is -2.25. The van der Waals surface area contributed by atoms with Crippen molar-refractivity contribution in [3.05, 3.63) is 59.4 Å². The average molecular weight is 373 g/mol. The summed E-state index contributed by atoms with van der Waals surface area (Å²) in [5, 5.41) is 2.95. The third kappa shape index (κ3) is 3.78. The van der Waals surface area contributed by atoms with Gasteiger partial charge in [-0.2, -0.15) is 0 Å². The number of rotatable bonds is 5. The molecule has 138 valence electrons. The van der Waals surface area contributed by atoms with E-state index in [1.165, 1.54) is 18.4 Å². The van der Waals surface area contributed by atoms with Crippen molar-refractivity contribution < 1.29 is 13.2 Å². The first-order chi connectivity index (χ1) is 12.4. The molecule has 1 atom stereocenters.